The van der Waals surface area contributed by atoms with E-state index < -0.39 is 0 Å². The average Bonchev–Trinajstić information content (AvgIpc) is 2.31. The highest BCUT2D eigenvalue weighted by molar-refractivity contribution is 5.78. The summed E-state index contributed by atoms with van der Waals surface area (Å²) in [5, 5.41) is 0. The van der Waals surface area contributed by atoms with Crippen LogP contribution in [0.5, 0.6) is 5.75 Å². The molecule has 1 rings (SSSR count). The average molecular weight is 222 g/mol. The van der Waals surface area contributed by atoms with Crippen molar-refractivity contribution < 1.29 is 4.74 Å². The Bertz CT molecular complexity index is 365. The molecule has 16 heavy (non-hydrogen) atoms. The summed E-state index contributed by atoms with van der Waals surface area (Å²) in [5.41, 5.74) is 3.63. The Morgan fingerprint density at radius 2 is 2.19 bits per heavy atom. The molecule has 5 nitrogen and oxygen atoms in total. The second kappa shape index (κ2) is 5.97. The van der Waals surface area contributed by atoms with Crippen LogP contribution >= 0.6 is 0 Å². The molecular weight excluding hydrogens is 204 g/mol. The van der Waals surface area contributed by atoms with Gasteiger partial charge in [0.1, 0.15) is 5.75 Å². The van der Waals surface area contributed by atoms with E-state index in [1.54, 1.807) is 14.2 Å². The maximum atomic E-state index is 5.35. The number of ether oxygens (including phenoxy) is 1. The molecular formula is C11H18N4O. The number of nitrogens with two attached hydrogens (primary N) is 1. The molecule has 0 spiro atoms. The third kappa shape index (κ3) is 2.87. The number of para-hydroxylation sites is 1. The van der Waals surface area contributed by atoms with Crippen LogP contribution in [0, 0.1) is 0 Å². The van der Waals surface area contributed by atoms with Gasteiger partial charge in [-0.15, -0.1) is 0 Å². The summed E-state index contributed by atoms with van der Waals surface area (Å²) in [6, 6.07) is 7.86. The molecule has 1 aromatic carbocycles. The molecule has 0 fully saturated rings. The van der Waals surface area contributed by atoms with E-state index in [-0.39, 0.29) is 0 Å². The molecule has 1 aromatic rings. The maximum Gasteiger partial charge on any atom is 0.208 e. The molecule has 0 radical (unpaired) electrons. The van der Waals surface area contributed by atoms with Gasteiger partial charge in [-0.3, -0.25) is 10.4 Å². The Labute approximate surface area is 95.9 Å². The Kier molecular flexibility index (Phi) is 4.60. The van der Waals surface area contributed by atoms with E-state index in [0.29, 0.717) is 12.5 Å². The van der Waals surface area contributed by atoms with Crippen molar-refractivity contribution in [2.45, 2.75) is 6.54 Å². The van der Waals surface area contributed by atoms with E-state index in [1.165, 1.54) is 0 Å². The summed E-state index contributed by atoms with van der Waals surface area (Å²) in [7, 11) is 5.26. The van der Waals surface area contributed by atoms with Crippen molar-refractivity contribution in [1.82, 2.24) is 10.3 Å². The lowest BCUT2D eigenvalue weighted by Crippen LogP contribution is -2.42. The zero-order valence-electron chi connectivity index (χ0n) is 9.90. The number of hydrogen-bond donors (Lipinski definition) is 2. The number of rotatable bonds is 3. The van der Waals surface area contributed by atoms with E-state index in [0.717, 1.165) is 11.3 Å². The first-order chi connectivity index (χ1) is 7.72. The van der Waals surface area contributed by atoms with Gasteiger partial charge in [0, 0.05) is 26.2 Å². The van der Waals surface area contributed by atoms with Gasteiger partial charge in [0.25, 0.3) is 0 Å². The van der Waals surface area contributed by atoms with Gasteiger partial charge in [-0.1, -0.05) is 18.2 Å². The van der Waals surface area contributed by atoms with E-state index in [9.17, 15) is 0 Å². The molecule has 88 valence electrons. The van der Waals surface area contributed by atoms with Crippen molar-refractivity contribution in [1.29, 1.82) is 0 Å². The van der Waals surface area contributed by atoms with Crippen molar-refractivity contribution in [3.63, 3.8) is 0 Å². The number of benzene rings is 1. The molecule has 0 saturated heterocycles. The second-order valence-corrected chi connectivity index (χ2v) is 3.36. The SMILES string of the molecule is CN=C(NN)N(C)Cc1ccccc1OC. The van der Waals surface area contributed by atoms with Gasteiger partial charge in [0.2, 0.25) is 5.96 Å². The fourth-order valence-corrected chi connectivity index (χ4v) is 1.51. The Balaban J connectivity index is 2.80. The predicted octanol–water partition coefficient (Wildman–Crippen LogP) is 0.576. The van der Waals surface area contributed by atoms with Crippen molar-refractivity contribution in [3.05, 3.63) is 29.8 Å². The molecule has 3 N–H and O–H groups in total. The van der Waals surface area contributed by atoms with Crippen LogP contribution in [0.1, 0.15) is 5.56 Å². The first-order valence-corrected chi connectivity index (χ1v) is 4.99. The number of hydrazine groups is 1. The Hall–Kier alpha value is -1.75. The zero-order chi connectivity index (χ0) is 12.0. The maximum absolute atomic E-state index is 5.35. The zero-order valence-corrected chi connectivity index (χ0v) is 9.90. The third-order valence-electron chi connectivity index (χ3n) is 2.30. The Morgan fingerprint density at radius 3 is 2.75 bits per heavy atom. The van der Waals surface area contributed by atoms with E-state index in [1.807, 2.05) is 36.2 Å². The standard InChI is InChI=1S/C11H18N4O/c1-13-11(14-12)15(2)8-9-6-4-5-7-10(9)16-3/h4-7H,8,12H2,1-3H3,(H,13,14). The molecule has 5 heteroatoms. The van der Waals surface area contributed by atoms with Gasteiger partial charge in [-0.25, -0.2) is 5.84 Å². The van der Waals surface area contributed by atoms with Gasteiger partial charge in [-0.05, 0) is 6.07 Å². The summed E-state index contributed by atoms with van der Waals surface area (Å²) in [6.07, 6.45) is 0. The quantitative estimate of drug-likeness (QED) is 0.340. The van der Waals surface area contributed by atoms with Crippen LogP contribution in [0.4, 0.5) is 0 Å². The monoisotopic (exact) mass is 222 g/mol. The molecule has 0 aromatic heterocycles. The van der Waals surface area contributed by atoms with Crippen LogP contribution < -0.4 is 16.0 Å². The minimum absolute atomic E-state index is 0.630. The smallest absolute Gasteiger partial charge is 0.208 e. The predicted molar refractivity (Wildman–Crippen MR) is 65.1 cm³/mol. The molecule has 0 aliphatic carbocycles. The van der Waals surface area contributed by atoms with E-state index >= 15 is 0 Å². The van der Waals surface area contributed by atoms with Crippen molar-refractivity contribution >= 4 is 5.96 Å². The second-order valence-electron chi connectivity index (χ2n) is 3.36. The highest BCUT2D eigenvalue weighted by Crippen LogP contribution is 2.18. The van der Waals surface area contributed by atoms with Gasteiger partial charge >= 0.3 is 0 Å². The molecule has 0 aliphatic rings. The third-order valence-corrected chi connectivity index (χ3v) is 2.30. The summed E-state index contributed by atoms with van der Waals surface area (Å²) >= 11 is 0. The molecule has 0 atom stereocenters. The highest BCUT2D eigenvalue weighted by Gasteiger charge is 2.08. The first-order valence-electron chi connectivity index (χ1n) is 4.99. The lowest BCUT2D eigenvalue weighted by molar-refractivity contribution is 0.396. The van der Waals surface area contributed by atoms with Crippen LogP contribution in [0.25, 0.3) is 0 Å². The topological polar surface area (TPSA) is 62.9 Å². The van der Waals surface area contributed by atoms with Crippen LogP contribution in [-0.4, -0.2) is 32.1 Å². The van der Waals surface area contributed by atoms with Crippen LogP contribution in [-0.2, 0) is 6.54 Å². The van der Waals surface area contributed by atoms with Crippen LogP contribution in [0.15, 0.2) is 29.3 Å². The minimum atomic E-state index is 0.630. The van der Waals surface area contributed by atoms with Gasteiger partial charge in [0.15, 0.2) is 0 Å². The fourth-order valence-electron chi connectivity index (χ4n) is 1.51. The normalized spacial score (nSPS) is 11.1. The molecule has 0 heterocycles. The number of nitrogens with one attached hydrogen (secondary N) is 1. The van der Waals surface area contributed by atoms with Crippen molar-refractivity contribution in [3.8, 4) is 5.75 Å². The first kappa shape index (κ1) is 12.3. The number of hydrogen-bond acceptors (Lipinski definition) is 3. The van der Waals surface area contributed by atoms with Crippen LogP contribution in [0.3, 0.4) is 0 Å². The van der Waals surface area contributed by atoms with Crippen molar-refractivity contribution in [2.75, 3.05) is 21.2 Å². The summed E-state index contributed by atoms with van der Waals surface area (Å²) in [6.45, 7) is 0.681. The molecule has 0 aliphatic heterocycles. The number of nitrogens with zero attached hydrogens (tertiary/aromatic N) is 2. The van der Waals surface area contributed by atoms with Crippen molar-refractivity contribution in [2.24, 2.45) is 10.8 Å². The molecule has 0 bridgehead atoms. The molecule has 0 amide bonds. The summed E-state index contributed by atoms with van der Waals surface area (Å²) < 4.78 is 5.28. The fraction of sp³-hybridized carbons (Fsp3) is 0.364. The van der Waals surface area contributed by atoms with Gasteiger partial charge in [-0.2, -0.15) is 0 Å². The van der Waals surface area contributed by atoms with E-state index in [4.69, 9.17) is 10.6 Å². The van der Waals surface area contributed by atoms with Crippen LogP contribution in [0.2, 0.25) is 0 Å². The number of guanidine groups is 1. The van der Waals surface area contributed by atoms with Gasteiger partial charge < -0.3 is 9.64 Å². The lowest BCUT2D eigenvalue weighted by Gasteiger charge is -2.21. The summed E-state index contributed by atoms with van der Waals surface area (Å²) in [5.74, 6) is 6.85. The lowest BCUT2D eigenvalue weighted by atomic mass is 10.2. The highest BCUT2D eigenvalue weighted by atomic mass is 16.5. The van der Waals surface area contributed by atoms with Gasteiger partial charge in [0.05, 0.1) is 7.11 Å². The largest absolute Gasteiger partial charge is 0.496 e. The van der Waals surface area contributed by atoms with E-state index in [2.05, 4.69) is 10.4 Å². The molecule has 0 saturated carbocycles. The number of aliphatic imine (C=N–C) groups is 1. The minimum Gasteiger partial charge on any atom is -0.496 e. The molecule has 0 unspecified atom stereocenters. The number of methoxy groups -OCH3 is 1. The Morgan fingerprint density at radius 1 is 1.50 bits per heavy atom. The summed E-state index contributed by atoms with van der Waals surface area (Å²) in [4.78, 5) is 5.94.